The highest BCUT2D eigenvalue weighted by Crippen LogP contribution is 2.27. The van der Waals surface area contributed by atoms with Gasteiger partial charge in [-0.3, -0.25) is 9.59 Å². The molecule has 23 heavy (non-hydrogen) atoms. The molecule has 1 aliphatic heterocycles. The van der Waals surface area contributed by atoms with Gasteiger partial charge in [-0.1, -0.05) is 0 Å². The predicted molar refractivity (Wildman–Crippen MR) is 89.2 cm³/mol. The van der Waals surface area contributed by atoms with E-state index in [-0.39, 0.29) is 17.6 Å². The molecule has 1 atom stereocenters. The Morgan fingerprint density at radius 2 is 1.96 bits per heavy atom. The summed E-state index contributed by atoms with van der Waals surface area (Å²) in [4.78, 5) is 38.1. The molecule has 0 bridgehead atoms. The van der Waals surface area contributed by atoms with Gasteiger partial charge in [0.2, 0.25) is 5.91 Å². The number of alkyl carbamates (subject to hydrolysis) is 1. The van der Waals surface area contributed by atoms with Crippen molar-refractivity contribution in [2.75, 3.05) is 18.2 Å². The Hall–Kier alpha value is -1.24. The molecule has 130 valence electrons. The number of nitrogens with one attached hydrogen (secondary N) is 1. The summed E-state index contributed by atoms with van der Waals surface area (Å²) < 4.78 is 5.30. The van der Waals surface area contributed by atoms with Crippen molar-refractivity contribution in [2.45, 2.75) is 58.1 Å². The summed E-state index contributed by atoms with van der Waals surface area (Å²) in [6.45, 7) is 6.08. The Morgan fingerprint density at radius 3 is 2.48 bits per heavy atom. The lowest BCUT2D eigenvalue weighted by Crippen LogP contribution is -2.53. The van der Waals surface area contributed by atoms with Crippen molar-refractivity contribution in [1.82, 2.24) is 10.2 Å². The van der Waals surface area contributed by atoms with Crippen LogP contribution in [-0.4, -0.2) is 52.5 Å². The minimum Gasteiger partial charge on any atom is -0.444 e. The van der Waals surface area contributed by atoms with Gasteiger partial charge >= 0.3 is 6.09 Å². The maximum atomic E-state index is 12.8. The number of rotatable bonds is 3. The molecule has 1 N–H and O–H groups in total. The molecule has 0 spiro atoms. The fourth-order valence-corrected chi connectivity index (χ4v) is 3.85. The monoisotopic (exact) mass is 342 g/mol. The van der Waals surface area contributed by atoms with Gasteiger partial charge in [-0.05, 0) is 39.5 Å². The second-order valence-electron chi connectivity index (χ2n) is 7.14. The Balaban J connectivity index is 2.05. The number of nitrogens with zero attached hydrogens (tertiary/aromatic N) is 1. The number of amides is 2. The lowest BCUT2D eigenvalue weighted by Gasteiger charge is -2.32. The normalized spacial score (nSPS) is 21.2. The summed E-state index contributed by atoms with van der Waals surface area (Å²) >= 11 is 1.71. The molecule has 2 rings (SSSR count). The van der Waals surface area contributed by atoms with E-state index < -0.39 is 17.7 Å². The standard InChI is InChI=1S/C16H26N2O4S/c1-16(2,3)22-15(21)17-13(11-4-6-12(19)7-5-11)14(20)18-8-9-23-10-18/h11,13H,4-10H2,1-3H3,(H,17,21). The number of hydrogen-bond donors (Lipinski definition) is 1. The fraction of sp³-hybridized carbons (Fsp3) is 0.812. The van der Waals surface area contributed by atoms with E-state index in [1.807, 2.05) is 0 Å². The second-order valence-corrected chi connectivity index (χ2v) is 8.21. The molecule has 1 heterocycles. The van der Waals surface area contributed by atoms with E-state index in [0.29, 0.717) is 38.1 Å². The molecule has 0 aromatic heterocycles. The SMILES string of the molecule is CC(C)(C)OC(=O)NC(C(=O)N1CCSC1)C1CCC(=O)CC1. The van der Waals surface area contributed by atoms with Crippen LogP contribution in [0.5, 0.6) is 0 Å². The van der Waals surface area contributed by atoms with E-state index in [0.717, 1.165) is 5.75 Å². The van der Waals surface area contributed by atoms with E-state index in [1.165, 1.54) is 0 Å². The van der Waals surface area contributed by atoms with E-state index in [1.54, 1.807) is 37.4 Å². The third-order valence-electron chi connectivity index (χ3n) is 4.06. The minimum atomic E-state index is -0.607. The smallest absolute Gasteiger partial charge is 0.408 e. The maximum Gasteiger partial charge on any atom is 0.408 e. The van der Waals surface area contributed by atoms with Crippen LogP contribution in [0.1, 0.15) is 46.5 Å². The summed E-state index contributed by atoms with van der Waals surface area (Å²) in [5, 5.41) is 2.76. The molecule has 1 unspecified atom stereocenters. The molecular formula is C16H26N2O4S. The summed E-state index contributed by atoms with van der Waals surface area (Å²) in [7, 11) is 0. The second kappa shape index (κ2) is 7.55. The van der Waals surface area contributed by atoms with E-state index >= 15 is 0 Å². The third-order valence-corrected chi connectivity index (χ3v) is 5.03. The van der Waals surface area contributed by atoms with E-state index in [2.05, 4.69) is 5.32 Å². The van der Waals surface area contributed by atoms with Crippen LogP contribution in [0.4, 0.5) is 4.79 Å². The highest BCUT2D eigenvalue weighted by molar-refractivity contribution is 7.99. The molecule has 6 nitrogen and oxygen atoms in total. The number of ether oxygens (including phenoxy) is 1. The van der Waals surface area contributed by atoms with Crippen molar-refractivity contribution in [3.05, 3.63) is 0 Å². The molecule has 2 aliphatic rings. The zero-order valence-electron chi connectivity index (χ0n) is 14.1. The molecule has 2 fully saturated rings. The van der Waals surface area contributed by atoms with Crippen molar-refractivity contribution >= 4 is 29.5 Å². The van der Waals surface area contributed by atoms with Crippen molar-refractivity contribution in [3.63, 3.8) is 0 Å². The minimum absolute atomic E-state index is 0.00156. The van der Waals surface area contributed by atoms with Gasteiger partial charge in [0.05, 0.1) is 5.88 Å². The predicted octanol–water partition coefficient (Wildman–Crippen LogP) is 2.17. The van der Waals surface area contributed by atoms with Crippen molar-refractivity contribution < 1.29 is 19.1 Å². The Labute approximate surface area is 141 Å². The first kappa shape index (κ1) is 18.1. The van der Waals surface area contributed by atoms with Crippen LogP contribution < -0.4 is 5.32 Å². The third kappa shape index (κ3) is 5.41. The van der Waals surface area contributed by atoms with Crippen molar-refractivity contribution in [3.8, 4) is 0 Å². The number of ketones is 1. The molecular weight excluding hydrogens is 316 g/mol. The average Bonchev–Trinajstić information content (AvgIpc) is 2.97. The van der Waals surface area contributed by atoms with Gasteiger partial charge < -0.3 is 15.0 Å². The van der Waals surface area contributed by atoms with Crippen LogP contribution in [0.15, 0.2) is 0 Å². The fourth-order valence-electron chi connectivity index (χ4n) is 2.90. The van der Waals surface area contributed by atoms with Crippen molar-refractivity contribution in [2.24, 2.45) is 5.92 Å². The number of carbonyl (C=O) groups excluding carboxylic acids is 3. The highest BCUT2D eigenvalue weighted by atomic mass is 32.2. The quantitative estimate of drug-likeness (QED) is 0.851. The number of Topliss-reactive ketones (excluding diaryl/α,β-unsaturated/α-hetero) is 1. The largest absolute Gasteiger partial charge is 0.444 e. The molecule has 1 saturated heterocycles. The molecule has 1 aliphatic carbocycles. The van der Waals surface area contributed by atoms with Crippen LogP contribution in [0, 0.1) is 5.92 Å². The van der Waals surface area contributed by atoms with Crippen LogP contribution in [0.25, 0.3) is 0 Å². The maximum absolute atomic E-state index is 12.8. The number of carbonyl (C=O) groups is 3. The van der Waals surface area contributed by atoms with E-state index in [4.69, 9.17) is 4.74 Å². The van der Waals surface area contributed by atoms with Gasteiger partial charge in [0.15, 0.2) is 0 Å². The van der Waals surface area contributed by atoms with Crippen LogP contribution in [-0.2, 0) is 14.3 Å². The van der Waals surface area contributed by atoms with Gasteiger partial charge in [-0.25, -0.2) is 4.79 Å². The zero-order valence-corrected chi connectivity index (χ0v) is 14.9. The Kier molecular flexibility index (Phi) is 5.95. The van der Waals surface area contributed by atoms with Gasteiger partial charge in [0.25, 0.3) is 0 Å². The summed E-state index contributed by atoms with van der Waals surface area (Å²) in [5.41, 5.74) is -0.607. The topological polar surface area (TPSA) is 75.7 Å². The zero-order chi connectivity index (χ0) is 17.0. The Morgan fingerprint density at radius 1 is 1.30 bits per heavy atom. The van der Waals surface area contributed by atoms with Gasteiger partial charge in [0.1, 0.15) is 17.4 Å². The Bertz CT molecular complexity index is 459. The van der Waals surface area contributed by atoms with Gasteiger partial charge in [-0.2, -0.15) is 0 Å². The molecule has 7 heteroatoms. The first-order valence-corrected chi connectivity index (χ1v) is 9.29. The van der Waals surface area contributed by atoms with Gasteiger partial charge in [-0.15, -0.1) is 11.8 Å². The first-order chi connectivity index (χ1) is 10.8. The lowest BCUT2D eigenvalue weighted by molar-refractivity contribution is -0.134. The molecule has 0 aromatic carbocycles. The van der Waals surface area contributed by atoms with Crippen LogP contribution >= 0.6 is 11.8 Å². The van der Waals surface area contributed by atoms with Crippen LogP contribution in [0.2, 0.25) is 0 Å². The number of hydrogen-bond acceptors (Lipinski definition) is 5. The number of thioether (sulfide) groups is 1. The van der Waals surface area contributed by atoms with Crippen molar-refractivity contribution in [1.29, 1.82) is 0 Å². The first-order valence-electron chi connectivity index (χ1n) is 8.14. The molecule has 0 radical (unpaired) electrons. The lowest BCUT2D eigenvalue weighted by atomic mass is 9.82. The van der Waals surface area contributed by atoms with Crippen LogP contribution in [0.3, 0.4) is 0 Å². The van der Waals surface area contributed by atoms with E-state index in [9.17, 15) is 14.4 Å². The molecule has 0 aromatic rings. The molecule has 2 amide bonds. The summed E-state index contributed by atoms with van der Waals surface area (Å²) in [6.07, 6.45) is 1.69. The van der Waals surface area contributed by atoms with Gasteiger partial charge in [0, 0.05) is 25.1 Å². The summed E-state index contributed by atoms with van der Waals surface area (Å²) in [6, 6.07) is -0.600. The molecule has 1 saturated carbocycles. The highest BCUT2D eigenvalue weighted by Gasteiger charge is 2.37. The average molecular weight is 342 g/mol. The summed E-state index contributed by atoms with van der Waals surface area (Å²) in [5.74, 6) is 1.77.